The number of carbonyl (C=O) groups is 1. The average molecular weight is 602 g/mol. The lowest BCUT2D eigenvalue weighted by Gasteiger charge is -2.14. The number of rotatable bonds is 8. The van der Waals surface area contributed by atoms with Crippen LogP contribution in [-0.4, -0.2) is 35.5 Å². The maximum Gasteiger partial charge on any atom is 0.282 e. The van der Waals surface area contributed by atoms with Gasteiger partial charge < -0.3 is 14.8 Å². The second-order valence-electron chi connectivity index (χ2n) is 8.53. The van der Waals surface area contributed by atoms with Crippen LogP contribution in [0.2, 0.25) is 5.02 Å². The Morgan fingerprint density at radius 3 is 2.74 bits per heavy atom. The molecule has 0 atom stereocenters. The smallest absolute Gasteiger partial charge is 0.282 e. The van der Waals surface area contributed by atoms with E-state index in [0.717, 1.165) is 4.47 Å². The first kappa shape index (κ1) is 27.3. The van der Waals surface area contributed by atoms with E-state index in [2.05, 4.69) is 31.3 Å². The Morgan fingerprint density at radius 2 is 2.03 bits per heavy atom. The van der Waals surface area contributed by atoms with Gasteiger partial charge in [-0.25, -0.2) is 9.37 Å². The van der Waals surface area contributed by atoms with Crippen LogP contribution in [-0.2, 0) is 4.79 Å². The summed E-state index contributed by atoms with van der Waals surface area (Å²) in [6.07, 6.45) is 1.47. The fraction of sp³-hybridized carbons (Fsp3) is 0.185. The number of methoxy groups -OCH3 is 1. The molecule has 0 radical (unpaired) electrons. The molecule has 196 valence electrons. The molecule has 8 nitrogen and oxygen atoms in total. The molecule has 1 aromatic heterocycles. The Labute approximate surface area is 231 Å². The minimum atomic E-state index is -0.504. The normalized spacial score (nSPS) is 11.3. The van der Waals surface area contributed by atoms with Crippen LogP contribution in [0.4, 0.5) is 10.1 Å². The summed E-state index contributed by atoms with van der Waals surface area (Å²) in [6.45, 7) is 3.47. The number of carbonyl (C=O) groups excluding carboxylic acids is 1. The molecule has 0 bridgehead atoms. The van der Waals surface area contributed by atoms with Gasteiger partial charge in [-0.2, -0.15) is 9.78 Å². The minimum Gasteiger partial charge on any atom is -0.493 e. The molecule has 0 spiro atoms. The van der Waals surface area contributed by atoms with Gasteiger partial charge in [0.05, 0.1) is 29.2 Å². The van der Waals surface area contributed by atoms with E-state index in [4.69, 9.17) is 21.1 Å². The molecule has 3 aromatic carbocycles. The van der Waals surface area contributed by atoms with Gasteiger partial charge >= 0.3 is 0 Å². The van der Waals surface area contributed by atoms with Crippen LogP contribution < -0.4 is 20.3 Å². The van der Waals surface area contributed by atoms with Crippen LogP contribution in [0.3, 0.4) is 0 Å². The molecule has 1 N–H and O–H groups in total. The lowest BCUT2D eigenvalue weighted by atomic mass is 10.2. The number of benzene rings is 3. The minimum absolute atomic E-state index is 0.0691. The largest absolute Gasteiger partial charge is 0.493 e. The summed E-state index contributed by atoms with van der Waals surface area (Å²) in [7, 11) is 1.43. The van der Waals surface area contributed by atoms with E-state index in [1.165, 1.54) is 36.2 Å². The second-order valence-corrected chi connectivity index (χ2v) is 9.85. The summed E-state index contributed by atoms with van der Waals surface area (Å²) < 4.78 is 26.4. The van der Waals surface area contributed by atoms with Crippen molar-refractivity contribution in [3.05, 3.63) is 91.7 Å². The lowest BCUT2D eigenvalue weighted by molar-refractivity contribution is -0.118. The van der Waals surface area contributed by atoms with E-state index >= 15 is 0 Å². The molecule has 0 saturated carbocycles. The number of hydrogen-bond acceptors (Lipinski definition) is 6. The number of anilines is 1. The van der Waals surface area contributed by atoms with Gasteiger partial charge in [0.15, 0.2) is 18.1 Å². The Kier molecular flexibility index (Phi) is 8.43. The van der Waals surface area contributed by atoms with Crippen molar-refractivity contribution >= 4 is 56.2 Å². The maximum absolute atomic E-state index is 13.3. The highest BCUT2D eigenvalue weighted by Crippen LogP contribution is 2.36. The van der Waals surface area contributed by atoms with Crippen LogP contribution in [0.5, 0.6) is 11.5 Å². The van der Waals surface area contributed by atoms with Crippen LogP contribution in [0, 0.1) is 5.82 Å². The van der Waals surface area contributed by atoms with E-state index in [0.29, 0.717) is 28.0 Å². The van der Waals surface area contributed by atoms with Crippen molar-refractivity contribution in [2.45, 2.75) is 19.8 Å². The predicted octanol–water partition coefficient (Wildman–Crippen LogP) is 5.98. The molecule has 4 rings (SSSR count). The highest BCUT2D eigenvalue weighted by atomic mass is 79.9. The monoisotopic (exact) mass is 600 g/mol. The van der Waals surface area contributed by atoms with E-state index in [1.807, 2.05) is 19.9 Å². The fourth-order valence-electron chi connectivity index (χ4n) is 3.63. The quantitative estimate of drug-likeness (QED) is 0.251. The Bertz CT molecular complexity index is 1610. The number of amides is 1. The second kappa shape index (κ2) is 11.7. The standard InChI is InChI=1S/C27H23BrClFN4O4/c1-15(2)26-33-22-8-7-17(28)11-20(22)27(36)34(26)31-13-16-9-21(29)25(23(10-16)37-3)38-14-24(35)32-19-6-4-5-18(30)12-19/h4-13,15H,14H2,1-3H3,(H,32,35). The van der Waals surface area contributed by atoms with E-state index in [-0.39, 0.29) is 34.6 Å². The summed E-state index contributed by atoms with van der Waals surface area (Å²) in [5, 5.41) is 7.54. The Balaban J connectivity index is 1.59. The number of hydrogen-bond donors (Lipinski definition) is 1. The molecule has 0 aliphatic rings. The molecule has 4 aromatic rings. The molecule has 11 heteroatoms. The molecule has 0 unspecified atom stereocenters. The predicted molar refractivity (Wildman–Crippen MR) is 149 cm³/mol. The molecular weight excluding hydrogens is 579 g/mol. The first-order valence-corrected chi connectivity index (χ1v) is 12.7. The summed E-state index contributed by atoms with van der Waals surface area (Å²) in [5.74, 6) is -0.132. The van der Waals surface area contributed by atoms with Crippen LogP contribution in [0.15, 0.2) is 69.0 Å². The zero-order valence-electron chi connectivity index (χ0n) is 20.7. The van der Waals surface area contributed by atoms with Gasteiger partial charge in [0.1, 0.15) is 11.6 Å². The summed E-state index contributed by atoms with van der Waals surface area (Å²) in [5.41, 5.74) is 1.11. The molecule has 0 fully saturated rings. The van der Waals surface area contributed by atoms with E-state index in [1.54, 1.807) is 30.3 Å². The molecule has 0 aliphatic heterocycles. The van der Waals surface area contributed by atoms with E-state index < -0.39 is 11.7 Å². The number of ether oxygens (including phenoxy) is 2. The zero-order valence-corrected chi connectivity index (χ0v) is 23.0. The van der Waals surface area contributed by atoms with Crippen LogP contribution in [0.25, 0.3) is 10.9 Å². The van der Waals surface area contributed by atoms with Gasteiger partial charge in [-0.15, -0.1) is 0 Å². The van der Waals surface area contributed by atoms with Gasteiger partial charge in [-0.1, -0.05) is 47.4 Å². The number of halogens is 3. The topological polar surface area (TPSA) is 94.8 Å². The third kappa shape index (κ3) is 6.20. The van der Waals surface area contributed by atoms with Crippen molar-refractivity contribution in [1.29, 1.82) is 0 Å². The van der Waals surface area contributed by atoms with Crippen molar-refractivity contribution in [1.82, 2.24) is 9.66 Å². The van der Waals surface area contributed by atoms with Gasteiger partial charge in [0.25, 0.3) is 11.5 Å². The number of fused-ring (bicyclic) bond motifs is 1. The third-order valence-electron chi connectivity index (χ3n) is 5.38. The Hall–Kier alpha value is -3.76. The van der Waals surface area contributed by atoms with E-state index in [9.17, 15) is 14.0 Å². The number of nitrogens with zero attached hydrogens (tertiary/aromatic N) is 3. The zero-order chi connectivity index (χ0) is 27.4. The summed E-state index contributed by atoms with van der Waals surface area (Å²) >= 11 is 9.82. The van der Waals surface area contributed by atoms with Crippen molar-refractivity contribution in [3.63, 3.8) is 0 Å². The molecule has 1 amide bonds. The highest BCUT2D eigenvalue weighted by Gasteiger charge is 2.16. The highest BCUT2D eigenvalue weighted by molar-refractivity contribution is 9.10. The van der Waals surface area contributed by atoms with Gasteiger partial charge in [0.2, 0.25) is 0 Å². The SMILES string of the molecule is COc1cc(C=Nn2c(C(C)C)nc3ccc(Br)cc3c2=O)cc(Cl)c1OCC(=O)Nc1cccc(F)c1. The van der Waals surface area contributed by atoms with Crippen molar-refractivity contribution in [2.24, 2.45) is 5.10 Å². The average Bonchev–Trinajstić information content (AvgIpc) is 2.87. The summed E-state index contributed by atoms with van der Waals surface area (Å²) in [4.78, 5) is 30.1. The van der Waals surface area contributed by atoms with Crippen molar-refractivity contribution in [2.75, 3.05) is 19.0 Å². The number of aromatic nitrogens is 2. The van der Waals surface area contributed by atoms with Crippen LogP contribution >= 0.6 is 27.5 Å². The first-order chi connectivity index (χ1) is 18.2. The lowest BCUT2D eigenvalue weighted by Crippen LogP contribution is -2.23. The van der Waals surface area contributed by atoms with Crippen molar-refractivity contribution < 1.29 is 18.7 Å². The molecular formula is C27H23BrClFN4O4. The first-order valence-electron chi connectivity index (χ1n) is 11.5. The number of nitrogens with one attached hydrogen (secondary N) is 1. The molecule has 38 heavy (non-hydrogen) atoms. The molecule has 0 aliphatic carbocycles. The maximum atomic E-state index is 13.3. The van der Waals surface area contributed by atoms with Gasteiger partial charge in [-0.3, -0.25) is 9.59 Å². The Morgan fingerprint density at radius 1 is 1.24 bits per heavy atom. The summed E-state index contributed by atoms with van der Waals surface area (Å²) in [6, 6.07) is 14.0. The third-order valence-corrected chi connectivity index (χ3v) is 6.15. The van der Waals surface area contributed by atoms with Crippen molar-refractivity contribution in [3.8, 4) is 11.5 Å². The fourth-order valence-corrected chi connectivity index (χ4v) is 4.27. The molecule has 0 saturated heterocycles. The van der Waals surface area contributed by atoms with Gasteiger partial charge in [0, 0.05) is 16.1 Å². The van der Waals surface area contributed by atoms with Gasteiger partial charge in [-0.05, 0) is 54.1 Å². The molecule has 1 heterocycles. The van der Waals surface area contributed by atoms with Crippen LogP contribution in [0.1, 0.15) is 31.2 Å².